The summed E-state index contributed by atoms with van der Waals surface area (Å²) in [4.78, 5) is 14.0. The number of ether oxygens (including phenoxy) is 1. The summed E-state index contributed by atoms with van der Waals surface area (Å²) in [5.41, 5.74) is 1.02. The van der Waals surface area contributed by atoms with E-state index in [4.69, 9.17) is 16.3 Å². The van der Waals surface area contributed by atoms with Crippen LogP contribution < -0.4 is 5.32 Å². The van der Waals surface area contributed by atoms with Gasteiger partial charge in [0.1, 0.15) is 6.10 Å². The van der Waals surface area contributed by atoms with Crippen LogP contribution in [0.1, 0.15) is 30.9 Å². The highest BCUT2D eigenvalue weighted by Gasteiger charge is 2.32. The summed E-state index contributed by atoms with van der Waals surface area (Å²) < 4.78 is 5.78. The molecule has 22 heavy (non-hydrogen) atoms. The molecule has 0 radical (unpaired) electrons. The van der Waals surface area contributed by atoms with Crippen LogP contribution in [0.2, 0.25) is 5.02 Å². The lowest BCUT2D eigenvalue weighted by atomic mass is 10.0. The van der Waals surface area contributed by atoms with Crippen molar-refractivity contribution in [2.75, 3.05) is 19.7 Å². The average molecular weight is 325 g/mol. The number of aliphatic hydroxyl groups is 1. The summed E-state index contributed by atoms with van der Waals surface area (Å²) >= 11 is 5.91. The Labute approximate surface area is 135 Å². The maximum absolute atomic E-state index is 12.4. The van der Waals surface area contributed by atoms with Crippen LogP contribution >= 0.6 is 11.6 Å². The van der Waals surface area contributed by atoms with Gasteiger partial charge in [-0.3, -0.25) is 0 Å². The maximum atomic E-state index is 12.4. The van der Waals surface area contributed by atoms with Gasteiger partial charge in [-0.25, -0.2) is 4.79 Å². The second-order valence-corrected chi connectivity index (χ2v) is 6.37. The fourth-order valence-electron chi connectivity index (χ4n) is 3.11. The molecule has 2 aliphatic heterocycles. The zero-order valence-electron chi connectivity index (χ0n) is 12.4. The Balaban J connectivity index is 1.63. The van der Waals surface area contributed by atoms with Gasteiger partial charge in [-0.05, 0) is 37.0 Å². The number of urea groups is 1. The van der Waals surface area contributed by atoms with Crippen molar-refractivity contribution < 1.29 is 14.6 Å². The van der Waals surface area contributed by atoms with Gasteiger partial charge in [0.2, 0.25) is 0 Å². The quantitative estimate of drug-likeness (QED) is 0.877. The van der Waals surface area contributed by atoms with E-state index in [0.717, 1.165) is 24.8 Å². The summed E-state index contributed by atoms with van der Waals surface area (Å²) in [6, 6.07) is 7.36. The molecular formula is C16H21ClN2O3. The van der Waals surface area contributed by atoms with Crippen LogP contribution in [0.5, 0.6) is 0 Å². The summed E-state index contributed by atoms with van der Waals surface area (Å²) in [5.74, 6) is 0. The van der Waals surface area contributed by atoms with Crippen molar-refractivity contribution in [3.05, 3.63) is 34.9 Å². The van der Waals surface area contributed by atoms with Crippen molar-refractivity contribution in [1.82, 2.24) is 10.2 Å². The van der Waals surface area contributed by atoms with Gasteiger partial charge in [0.15, 0.2) is 0 Å². The molecule has 0 saturated carbocycles. The lowest BCUT2D eigenvalue weighted by Crippen LogP contribution is -2.50. The fraction of sp³-hybridized carbons (Fsp3) is 0.562. The number of carbonyl (C=O) groups excluding carboxylic acids is 1. The Kier molecular flexibility index (Phi) is 4.86. The van der Waals surface area contributed by atoms with Gasteiger partial charge in [0, 0.05) is 24.7 Å². The molecule has 6 heteroatoms. The Morgan fingerprint density at radius 3 is 2.82 bits per heavy atom. The van der Waals surface area contributed by atoms with Crippen molar-refractivity contribution >= 4 is 17.6 Å². The molecule has 0 aliphatic carbocycles. The molecular weight excluding hydrogens is 304 g/mol. The van der Waals surface area contributed by atoms with E-state index in [-0.39, 0.29) is 18.2 Å². The number of nitrogens with zero attached hydrogens (tertiary/aromatic N) is 1. The van der Waals surface area contributed by atoms with Crippen LogP contribution in [-0.2, 0) is 4.74 Å². The largest absolute Gasteiger partial charge is 0.391 e. The number of aliphatic hydroxyl groups excluding tert-OH is 1. The first-order valence-electron chi connectivity index (χ1n) is 7.74. The minimum atomic E-state index is -0.411. The normalized spacial score (nSPS) is 28.6. The number of rotatable bonds is 2. The monoisotopic (exact) mass is 324 g/mol. The van der Waals surface area contributed by atoms with E-state index in [2.05, 4.69) is 5.32 Å². The van der Waals surface area contributed by atoms with Gasteiger partial charge < -0.3 is 20.1 Å². The van der Waals surface area contributed by atoms with Gasteiger partial charge in [0.05, 0.1) is 12.1 Å². The predicted octanol–water partition coefficient (Wildman–Crippen LogP) is 2.34. The van der Waals surface area contributed by atoms with Crippen molar-refractivity contribution in [1.29, 1.82) is 0 Å². The third-order valence-corrected chi connectivity index (χ3v) is 4.53. The minimum Gasteiger partial charge on any atom is -0.391 e. The molecule has 3 atom stereocenters. The third-order valence-electron chi connectivity index (χ3n) is 4.28. The first kappa shape index (κ1) is 15.6. The average Bonchev–Trinajstić information content (AvgIpc) is 2.96. The Morgan fingerprint density at radius 1 is 1.32 bits per heavy atom. The summed E-state index contributed by atoms with van der Waals surface area (Å²) in [6.07, 6.45) is 1.84. The number of carbonyl (C=O) groups is 1. The number of nitrogens with one attached hydrogen (secondary N) is 1. The second-order valence-electron chi connectivity index (χ2n) is 5.93. The van der Waals surface area contributed by atoms with Crippen LogP contribution in [0.3, 0.4) is 0 Å². The smallest absolute Gasteiger partial charge is 0.317 e. The number of halogens is 1. The Hall–Kier alpha value is -1.30. The molecule has 2 fully saturated rings. The van der Waals surface area contributed by atoms with Crippen molar-refractivity contribution in [2.45, 2.75) is 37.5 Å². The predicted molar refractivity (Wildman–Crippen MR) is 83.9 cm³/mol. The Morgan fingerprint density at radius 2 is 2.09 bits per heavy atom. The fourth-order valence-corrected chi connectivity index (χ4v) is 3.23. The van der Waals surface area contributed by atoms with Crippen LogP contribution in [0.4, 0.5) is 4.79 Å². The zero-order chi connectivity index (χ0) is 15.5. The summed E-state index contributed by atoms with van der Waals surface area (Å²) in [5, 5.41) is 13.4. The topological polar surface area (TPSA) is 61.8 Å². The molecule has 2 saturated heterocycles. The van der Waals surface area contributed by atoms with Crippen LogP contribution in [0.15, 0.2) is 24.3 Å². The number of β-amino-alcohol motifs (C(OH)–C–C–N with tert-alkyl or cyclic N) is 1. The van der Waals surface area contributed by atoms with Crippen molar-refractivity contribution in [2.24, 2.45) is 0 Å². The number of piperidine rings is 1. The molecule has 120 valence electrons. The number of amides is 2. The lowest BCUT2D eigenvalue weighted by molar-refractivity contribution is 0.0774. The van der Waals surface area contributed by atoms with Crippen LogP contribution in [0.25, 0.3) is 0 Å². The number of likely N-dealkylation sites (tertiary alicyclic amines) is 1. The van der Waals surface area contributed by atoms with Gasteiger partial charge >= 0.3 is 6.03 Å². The maximum Gasteiger partial charge on any atom is 0.317 e. The van der Waals surface area contributed by atoms with E-state index in [1.807, 2.05) is 24.3 Å². The van der Waals surface area contributed by atoms with E-state index in [0.29, 0.717) is 24.7 Å². The minimum absolute atomic E-state index is 0.0484. The highest BCUT2D eigenvalue weighted by Crippen LogP contribution is 2.30. The lowest BCUT2D eigenvalue weighted by Gasteiger charge is -2.32. The zero-order valence-corrected chi connectivity index (χ0v) is 13.1. The molecule has 2 aliphatic rings. The molecule has 2 heterocycles. The van der Waals surface area contributed by atoms with Gasteiger partial charge in [-0.2, -0.15) is 0 Å². The molecule has 5 nitrogen and oxygen atoms in total. The van der Waals surface area contributed by atoms with Gasteiger partial charge in [-0.1, -0.05) is 23.7 Å². The van der Waals surface area contributed by atoms with E-state index in [9.17, 15) is 9.90 Å². The molecule has 3 unspecified atom stereocenters. The third kappa shape index (κ3) is 3.54. The van der Waals surface area contributed by atoms with E-state index < -0.39 is 6.10 Å². The van der Waals surface area contributed by atoms with Crippen molar-refractivity contribution in [3.63, 3.8) is 0 Å². The van der Waals surface area contributed by atoms with E-state index in [1.54, 1.807) is 4.90 Å². The van der Waals surface area contributed by atoms with E-state index >= 15 is 0 Å². The number of hydrogen-bond donors (Lipinski definition) is 2. The first-order chi connectivity index (χ1) is 10.6. The number of benzene rings is 1. The van der Waals surface area contributed by atoms with Gasteiger partial charge in [-0.15, -0.1) is 0 Å². The molecule has 1 aromatic carbocycles. The summed E-state index contributed by atoms with van der Waals surface area (Å²) in [6.45, 7) is 1.73. The molecule has 0 spiro atoms. The molecule has 2 amide bonds. The molecule has 2 N–H and O–H groups in total. The summed E-state index contributed by atoms with van der Waals surface area (Å²) in [7, 11) is 0. The molecule has 3 rings (SSSR count). The van der Waals surface area contributed by atoms with Crippen LogP contribution in [0, 0.1) is 0 Å². The second kappa shape index (κ2) is 6.86. The van der Waals surface area contributed by atoms with Crippen molar-refractivity contribution in [3.8, 4) is 0 Å². The standard InChI is InChI=1S/C16H21ClN2O3/c17-12-5-3-11(4-6-12)15-14(7-9-22-15)18-16(21)19-8-1-2-13(20)10-19/h3-6,13-15,20H,1-2,7-10H2,(H,18,21). The molecule has 0 aromatic heterocycles. The van der Waals surface area contributed by atoms with E-state index in [1.165, 1.54) is 0 Å². The highest BCUT2D eigenvalue weighted by molar-refractivity contribution is 6.30. The SMILES string of the molecule is O=C(NC1CCOC1c1ccc(Cl)cc1)N1CCCC(O)C1. The highest BCUT2D eigenvalue weighted by atomic mass is 35.5. The number of hydrogen-bond acceptors (Lipinski definition) is 3. The molecule has 0 bridgehead atoms. The van der Waals surface area contributed by atoms with Crippen LogP contribution in [-0.4, -0.2) is 47.9 Å². The molecule has 1 aromatic rings. The van der Waals surface area contributed by atoms with Gasteiger partial charge in [0.25, 0.3) is 0 Å². The Bertz CT molecular complexity index is 523. The first-order valence-corrected chi connectivity index (χ1v) is 8.12.